The fourth-order valence-electron chi connectivity index (χ4n) is 2.86. The topological polar surface area (TPSA) is 50.2 Å². The van der Waals surface area contributed by atoms with Crippen molar-refractivity contribution in [1.82, 2.24) is 20.0 Å². The summed E-state index contributed by atoms with van der Waals surface area (Å²) in [6.45, 7) is 3.66. The monoisotopic (exact) mass is 298 g/mol. The number of rotatable bonds is 3. The van der Waals surface area contributed by atoms with Gasteiger partial charge in [0.05, 0.1) is 11.9 Å². The Hall–Kier alpha value is -2.14. The molecule has 1 saturated heterocycles. The van der Waals surface area contributed by atoms with E-state index >= 15 is 0 Å². The van der Waals surface area contributed by atoms with Gasteiger partial charge < -0.3 is 10.2 Å². The van der Waals surface area contributed by atoms with Gasteiger partial charge in [0.1, 0.15) is 0 Å². The molecule has 116 valence electrons. The SMILES string of the molecule is CNC1CCN(C(=O)c2ccc(-n3cc(C)cn3)cc2)CC1. The molecular weight excluding hydrogens is 276 g/mol. The number of amides is 1. The lowest BCUT2D eigenvalue weighted by molar-refractivity contribution is 0.0707. The summed E-state index contributed by atoms with van der Waals surface area (Å²) < 4.78 is 1.82. The molecule has 0 bridgehead atoms. The third-order valence-corrected chi connectivity index (χ3v) is 4.28. The van der Waals surface area contributed by atoms with Crippen LogP contribution >= 0.6 is 0 Å². The number of aromatic nitrogens is 2. The van der Waals surface area contributed by atoms with Crippen molar-refractivity contribution in [1.29, 1.82) is 0 Å². The molecule has 22 heavy (non-hydrogen) atoms. The second kappa shape index (κ2) is 6.32. The Labute approximate surface area is 130 Å². The van der Waals surface area contributed by atoms with E-state index in [0.29, 0.717) is 6.04 Å². The first kappa shape index (κ1) is 14.8. The maximum atomic E-state index is 12.5. The summed E-state index contributed by atoms with van der Waals surface area (Å²) in [5, 5.41) is 7.57. The highest BCUT2D eigenvalue weighted by Gasteiger charge is 2.22. The van der Waals surface area contributed by atoms with Crippen LogP contribution in [0.25, 0.3) is 5.69 Å². The quantitative estimate of drug-likeness (QED) is 0.943. The molecule has 5 heteroatoms. The summed E-state index contributed by atoms with van der Waals surface area (Å²) in [7, 11) is 1.98. The molecule has 1 N–H and O–H groups in total. The second-order valence-electron chi connectivity index (χ2n) is 5.86. The highest BCUT2D eigenvalue weighted by molar-refractivity contribution is 5.94. The van der Waals surface area contributed by atoms with E-state index in [9.17, 15) is 4.79 Å². The van der Waals surface area contributed by atoms with E-state index in [1.165, 1.54) is 0 Å². The average molecular weight is 298 g/mol. The van der Waals surface area contributed by atoms with Gasteiger partial charge in [-0.05, 0) is 56.6 Å². The number of piperidine rings is 1. The van der Waals surface area contributed by atoms with Crippen molar-refractivity contribution in [3.63, 3.8) is 0 Å². The molecule has 2 aromatic rings. The van der Waals surface area contributed by atoms with E-state index in [1.807, 2.05) is 60.2 Å². The first-order valence-electron chi connectivity index (χ1n) is 7.75. The first-order chi connectivity index (χ1) is 10.7. The van der Waals surface area contributed by atoms with Gasteiger partial charge in [0.2, 0.25) is 0 Å². The fourth-order valence-corrected chi connectivity index (χ4v) is 2.86. The normalized spacial score (nSPS) is 16.0. The number of carbonyl (C=O) groups is 1. The summed E-state index contributed by atoms with van der Waals surface area (Å²) in [4.78, 5) is 14.5. The van der Waals surface area contributed by atoms with Gasteiger partial charge >= 0.3 is 0 Å². The predicted octanol–water partition coefficient (Wildman–Crippen LogP) is 2.00. The van der Waals surface area contributed by atoms with Crippen molar-refractivity contribution in [2.24, 2.45) is 0 Å². The number of hydrogen-bond acceptors (Lipinski definition) is 3. The molecule has 5 nitrogen and oxygen atoms in total. The van der Waals surface area contributed by atoms with Gasteiger partial charge in [-0.15, -0.1) is 0 Å². The largest absolute Gasteiger partial charge is 0.339 e. The lowest BCUT2D eigenvalue weighted by Gasteiger charge is -2.31. The minimum atomic E-state index is 0.123. The van der Waals surface area contributed by atoms with E-state index in [0.717, 1.165) is 42.7 Å². The Morgan fingerprint density at radius 2 is 1.91 bits per heavy atom. The van der Waals surface area contributed by atoms with Gasteiger partial charge in [0.15, 0.2) is 0 Å². The molecule has 2 heterocycles. The minimum Gasteiger partial charge on any atom is -0.339 e. The van der Waals surface area contributed by atoms with Crippen molar-refractivity contribution < 1.29 is 4.79 Å². The molecule has 3 rings (SSSR count). The molecule has 0 radical (unpaired) electrons. The van der Waals surface area contributed by atoms with E-state index in [4.69, 9.17) is 0 Å². The average Bonchev–Trinajstić information content (AvgIpc) is 3.01. The zero-order valence-corrected chi connectivity index (χ0v) is 13.1. The zero-order valence-electron chi connectivity index (χ0n) is 13.1. The van der Waals surface area contributed by atoms with Crippen LogP contribution in [-0.4, -0.2) is 46.8 Å². The Kier molecular flexibility index (Phi) is 4.24. The van der Waals surface area contributed by atoms with Crippen molar-refractivity contribution in [2.45, 2.75) is 25.8 Å². The minimum absolute atomic E-state index is 0.123. The molecule has 1 aromatic carbocycles. The van der Waals surface area contributed by atoms with Gasteiger partial charge in [-0.25, -0.2) is 4.68 Å². The fraction of sp³-hybridized carbons (Fsp3) is 0.412. The molecule has 0 saturated carbocycles. The van der Waals surface area contributed by atoms with Gasteiger partial charge in [-0.3, -0.25) is 4.79 Å². The van der Waals surface area contributed by atoms with Gasteiger partial charge in [-0.1, -0.05) is 0 Å². The molecule has 1 fully saturated rings. The Morgan fingerprint density at radius 3 is 2.45 bits per heavy atom. The Balaban J connectivity index is 1.69. The maximum Gasteiger partial charge on any atom is 0.253 e. The van der Waals surface area contributed by atoms with Crippen molar-refractivity contribution >= 4 is 5.91 Å². The van der Waals surface area contributed by atoms with Gasteiger partial charge in [0, 0.05) is 30.9 Å². The third-order valence-electron chi connectivity index (χ3n) is 4.28. The molecule has 1 aromatic heterocycles. The van der Waals surface area contributed by atoms with Crippen LogP contribution in [0.3, 0.4) is 0 Å². The van der Waals surface area contributed by atoms with Crippen LogP contribution in [0, 0.1) is 6.92 Å². The third kappa shape index (κ3) is 3.04. The van der Waals surface area contributed by atoms with Crippen LogP contribution in [0.15, 0.2) is 36.7 Å². The van der Waals surface area contributed by atoms with Crippen LogP contribution < -0.4 is 5.32 Å². The molecule has 0 unspecified atom stereocenters. The highest BCUT2D eigenvalue weighted by atomic mass is 16.2. The Morgan fingerprint density at radius 1 is 1.23 bits per heavy atom. The number of benzene rings is 1. The van der Waals surface area contributed by atoms with Crippen LogP contribution in [0.2, 0.25) is 0 Å². The molecule has 0 aliphatic carbocycles. The standard InChI is InChI=1S/C17H22N4O/c1-13-11-19-21(12-13)16-5-3-14(4-6-16)17(22)20-9-7-15(18-2)8-10-20/h3-6,11-12,15,18H,7-10H2,1-2H3. The van der Waals surface area contributed by atoms with Crippen molar-refractivity contribution in [2.75, 3.05) is 20.1 Å². The second-order valence-corrected chi connectivity index (χ2v) is 5.86. The first-order valence-corrected chi connectivity index (χ1v) is 7.75. The van der Waals surface area contributed by atoms with Crippen LogP contribution in [0.4, 0.5) is 0 Å². The number of nitrogens with one attached hydrogen (secondary N) is 1. The van der Waals surface area contributed by atoms with Crippen LogP contribution in [0.5, 0.6) is 0 Å². The Bertz CT molecular complexity index is 639. The lowest BCUT2D eigenvalue weighted by Crippen LogP contribution is -2.43. The molecular formula is C17H22N4O. The lowest BCUT2D eigenvalue weighted by atomic mass is 10.0. The number of aryl methyl sites for hydroxylation is 1. The van der Waals surface area contributed by atoms with Crippen LogP contribution in [-0.2, 0) is 0 Å². The summed E-state index contributed by atoms with van der Waals surface area (Å²) >= 11 is 0. The molecule has 1 aliphatic rings. The zero-order chi connectivity index (χ0) is 15.5. The summed E-state index contributed by atoms with van der Waals surface area (Å²) in [6, 6.07) is 8.20. The number of carbonyl (C=O) groups excluding carboxylic acids is 1. The van der Waals surface area contributed by atoms with E-state index < -0.39 is 0 Å². The summed E-state index contributed by atoms with van der Waals surface area (Å²) in [6.07, 6.45) is 5.84. The molecule has 1 aliphatic heterocycles. The summed E-state index contributed by atoms with van der Waals surface area (Å²) in [5.41, 5.74) is 2.83. The number of nitrogens with zero attached hydrogens (tertiary/aromatic N) is 3. The number of likely N-dealkylation sites (tertiary alicyclic amines) is 1. The summed E-state index contributed by atoms with van der Waals surface area (Å²) in [5.74, 6) is 0.123. The number of hydrogen-bond donors (Lipinski definition) is 1. The van der Waals surface area contributed by atoms with Gasteiger partial charge in [-0.2, -0.15) is 5.10 Å². The smallest absolute Gasteiger partial charge is 0.253 e. The molecule has 1 amide bonds. The van der Waals surface area contributed by atoms with Gasteiger partial charge in [0.25, 0.3) is 5.91 Å². The van der Waals surface area contributed by atoms with E-state index in [1.54, 1.807) is 0 Å². The predicted molar refractivity (Wildman–Crippen MR) is 86.3 cm³/mol. The highest BCUT2D eigenvalue weighted by Crippen LogP contribution is 2.15. The maximum absolute atomic E-state index is 12.5. The van der Waals surface area contributed by atoms with E-state index in [-0.39, 0.29) is 5.91 Å². The molecule has 0 spiro atoms. The van der Waals surface area contributed by atoms with Crippen molar-refractivity contribution in [3.8, 4) is 5.69 Å². The van der Waals surface area contributed by atoms with Crippen LogP contribution in [0.1, 0.15) is 28.8 Å². The van der Waals surface area contributed by atoms with E-state index in [2.05, 4.69) is 10.4 Å². The molecule has 0 atom stereocenters. The van der Waals surface area contributed by atoms with Crippen molar-refractivity contribution in [3.05, 3.63) is 47.8 Å².